The van der Waals surface area contributed by atoms with Crippen LogP contribution in [0.15, 0.2) is 0 Å². The molecule has 2 aliphatic heterocycles. The minimum absolute atomic E-state index is 0.140. The van der Waals surface area contributed by atoms with Gasteiger partial charge in [-0.25, -0.2) is 0 Å². The molecule has 4 atom stereocenters. The molecule has 1 amide bonds. The summed E-state index contributed by atoms with van der Waals surface area (Å²) >= 11 is 0. The Bertz CT molecular complexity index is 257. The van der Waals surface area contributed by atoms with Crippen molar-refractivity contribution in [3.05, 3.63) is 0 Å². The first-order valence-corrected chi connectivity index (χ1v) is 5.70. The molecule has 4 nitrogen and oxygen atoms in total. The maximum Gasteiger partial charge on any atom is 0.251 e. The Morgan fingerprint density at radius 3 is 2.93 bits per heavy atom. The normalized spacial score (nSPS) is 36.7. The van der Waals surface area contributed by atoms with Crippen LogP contribution in [0.5, 0.6) is 0 Å². The highest BCUT2D eigenvalue weighted by Crippen LogP contribution is 2.32. The molecule has 2 fully saturated rings. The van der Waals surface area contributed by atoms with Crippen molar-refractivity contribution in [2.45, 2.75) is 38.5 Å². The number of fused-ring (bicyclic) bond motifs is 1. The summed E-state index contributed by atoms with van der Waals surface area (Å²) in [6, 6.07) is 0.761. The van der Waals surface area contributed by atoms with Gasteiger partial charge in [-0.15, -0.1) is 0 Å². The molecule has 0 aromatic rings. The Morgan fingerprint density at radius 2 is 2.27 bits per heavy atom. The minimum Gasteiger partial charge on any atom is -0.372 e. The summed E-state index contributed by atoms with van der Waals surface area (Å²) in [5.74, 6) is 0.786. The van der Waals surface area contributed by atoms with Gasteiger partial charge in [0.25, 0.3) is 5.91 Å². The average Bonchev–Trinajstić information content (AvgIpc) is 2.75. The van der Waals surface area contributed by atoms with Gasteiger partial charge in [0.2, 0.25) is 0 Å². The second-order valence-electron chi connectivity index (χ2n) is 4.69. The molecular weight excluding hydrogens is 192 g/mol. The predicted octanol–water partition coefficient (Wildman–Crippen LogP) is 0.230. The monoisotopic (exact) mass is 212 g/mol. The molecule has 1 N–H and O–H groups in total. The van der Waals surface area contributed by atoms with E-state index in [0.717, 1.165) is 19.5 Å². The number of ether oxygens (including phenoxy) is 1. The summed E-state index contributed by atoms with van der Waals surface area (Å²) in [5.41, 5.74) is 0. The smallest absolute Gasteiger partial charge is 0.251 e. The molecule has 0 aromatic heterocycles. The largest absolute Gasteiger partial charge is 0.372 e. The quantitative estimate of drug-likeness (QED) is 0.712. The number of nitrogens with zero attached hydrogens (tertiary/aromatic N) is 1. The standard InChI is InChI=1S/C11H20N2O2/c1-7-4-9-5-12-6-10(9)13(7)11(14)8(2)15-3/h7-10,12H,4-6H2,1-3H3. The zero-order valence-corrected chi connectivity index (χ0v) is 9.69. The van der Waals surface area contributed by atoms with Crippen molar-refractivity contribution >= 4 is 5.91 Å². The van der Waals surface area contributed by atoms with Gasteiger partial charge in [-0.1, -0.05) is 0 Å². The van der Waals surface area contributed by atoms with Crippen LogP contribution in [0.3, 0.4) is 0 Å². The van der Waals surface area contributed by atoms with E-state index in [1.54, 1.807) is 7.11 Å². The molecule has 0 spiro atoms. The van der Waals surface area contributed by atoms with E-state index >= 15 is 0 Å². The molecule has 15 heavy (non-hydrogen) atoms. The van der Waals surface area contributed by atoms with Gasteiger partial charge in [-0.3, -0.25) is 4.79 Å². The van der Waals surface area contributed by atoms with E-state index in [0.29, 0.717) is 18.0 Å². The summed E-state index contributed by atoms with van der Waals surface area (Å²) in [5, 5.41) is 3.35. The molecule has 4 unspecified atom stereocenters. The number of nitrogens with one attached hydrogen (secondary N) is 1. The van der Waals surface area contributed by atoms with Crippen LogP contribution < -0.4 is 5.32 Å². The molecule has 0 saturated carbocycles. The molecule has 2 saturated heterocycles. The van der Waals surface area contributed by atoms with Crippen molar-refractivity contribution in [2.24, 2.45) is 5.92 Å². The average molecular weight is 212 g/mol. The lowest BCUT2D eigenvalue weighted by molar-refractivity contribution is -0.143. The molecule has 2 aliphatic rings. The highest BCUT2D eigenvalue weighted by molar-refractivity contribution is 5.81. The zero-order valence-electron chi connectivity index (χ0n) is 9.69. The number of carbonyl (C=O) groups excluding carboxylic acids is 1. The molecule has 0 radical (unpaired) electrons. The van der Waals surface area contributed by atoms with Gasteiger partial charge in [0.05, 0.1) is 0 Å². The number of likely N-dealkylation sites (tertiary alicyclic amines) is 1. The number of hydrogen-bond acceptors (Lipinski definition) is 3. The first kappa shape index (κ1) is 10.9. The SMILES string of the molecule is COC(C)C(=O)N1C(C)CC2CNCC21. The van der Waals surface area contributed by atoms with Crippen molar-refractivity contribution in [2.75, 3.05) is 20.2 Å². The van der Waals surface area contributed by atoms with E-state index in [9.17, 15) is 4.79 Å². The lowest BCUT2D eigenvalue weighted by atomic mass is 10.0. The van der Waals surface area contributed by atoms with E-state index in [1.807, 2.05) is 11.8 Å². The van der Waals surface area contributed by atoms with Crippen molar-refractivity contribution in [1.82, 2.24) is 10.2 Å². The van der Waals surface area contributed by atoms with Crippen molar-refractivity contribution in [1.29, 1.82) is 0 Å². The van der Waals surface area contributed by atoms with Crippen molar-refractivity contribution < 1.29 is 9.53 Å². The highest BCUT2D eigenvalue weighted by Gasteiger charge is 2.44. The van der Waals surface area contributed by atoms with E-state index < -0.39 is 0 Å². The Hall–Kier alpha value is -0.610. The molecule has 0 aliphatic carbocycles. The van der Waals surface area contributed by atoms with Gasteiger partial charge >= 0.3 is 0 Å². The van der Waals surface area contributed by atoms with Crippen LogP contribution in [0.4, 0.5) is 0 Å². The third-order valence-electron chi connectivity index (χ3n) is 3.74. The molecule has 2 heterocycles. The summed E-state index contributed by atoms with van der Waals surface area (Å²) < 4.78 is 5.11. The van der Waals surface area contributed by atoms with Crippen LogP contribution in [0, 0.1) is 5.92 Å². The first-order valence-electron chi connectivity index (χ1n) is 5.70. The van der Waals surface area contributed by atoms with Crippen LogP contribution in [-0.2, 0) is 9.53 Å². The Balaban J connectivity index is 2.10. The fraction of sp³-hybridized carbons (Fsp3) is 0.909. The number of amides is 1. The molecule has 0 bridgehead atoms. The minimum atomic E-state index is -0.313. The summed E-state index contributed by atoms with van der Waals surface area (Å²) in [7, 11) is 1.59. The Labute approximate surface area is 91.0 Å². The van der Waals surface area contributed by atoms with Gasteiger partial charge in [0.15, 0.2) is 0 Å². The highest BCUT2D eigenvalue weighted by atomic mass is 16.5. The Morgan fingerprint density at radius 1 is 1.53 bits per heavy atom. The van der Waals surface area contributed by atoms with Crippen LogP contribution >= 0.6 is 0 Å². The van der Waals surface area contributed by atoms with Crippen LogP contribution in [0.2, 0.25) is 0 Å². The van der Waals surface area contributed by atoms with Gasteiger partial charge in [-0.05, 0) is 26.2 Å². The number of carbonyl (C=O) groups is 1. The third kappa shape index (κ3) is 1.76. The Kier molecular flexibility index (Phi) is 2.98. The predicted molar refractivity (Wildman–Crippen MR) is 57.5 cm³/mol. The summed E-state index contributed by atoms with van der Waals surface area (Å²) in [4.78, 5) is 14.1. The van der Waals surface area contributed by atoms with Crippen molar-refractivity contribution in [3.63, 3.8) is 0 Å². The molecule has 86 valence electrons. The lowest BCUT2D eigenvalue weighted by Crippen LogP contribution is -2.47. The second kappa shape index (κ2) is 4.10. The first-order chi connectivity index (χ1) is 7.15. The summed E-state index contributed by atoms with van der Waals surface area (Å²) in [6.45, 7) is 5.96. The van der Waals surface area contributed by atoms with Gasteiger partial charge < -0.3 is 15.0 Å². The topological polar surface area (TPSA) is 41.6 Å². The third-order valence-corrected chi connectivity index (χ3v) is 3.74. The lowest BCUT2D eigenvalue weighted by Gasteiger charge is -2.29. The fourth-order valence-corrected chi connectivity index (χ4v) is 2.86. The fourth-order valence-electron chi connectivity index (χ4n) is 2.86. The molecular formula is C11H20N2O2. The van der Waals surface area contributed by atoms with Crippen molar-refractivity contribution in [3.8, 4) is 0 Å². The molecule has 0 aromatic carbocycles. The van der Waals surface area contributed by atoms with E-state index in [1.165, 1.54) is 0 Å². The number of rotatable bonds is 2. The van der Waals surface area contributed by atoms with E-state index in [2.05, 4.69) is 12.2 Å². The van der Waals surface area contributed by atoms with Gasteiger partial charge in [-0.2, -0.15) is 0 Å². The summed E-state index contributed by atoms with van der Waals surface area (Å²) in [6.07, 6.45) is 0.812. The maximum absolute atomic E-state index is 12.1. The molecule has 2 rings (SSSR count). The second-order valence-corrected chi connectivity index (χ2v) is 4.69. The maximum atomic E-state index is 12.1. The van der Waals surface area contributed by atoms with E-state index in [4.69, 9.17) is 4.74 Å². The number of hydrogen-bond donors (Lipinski definition) is 1. The van der Waals surface area contributed by atoms with Crippen LogP contribution in [-0.4, -0.2) is 49.2 Å². The molecule has 4 heteroatoms. The van der Waals surface area contributed by atoms with Crippen LogP contribution in [0.1, 0.15) is 20.3 Å². The van der Waals surface area contributed by atoms with Crippen LogP contribution in [0.25, 0.3) is 0 Å². The number of methoxy groups -OCH3 is 1. The van der Waals surface area contributed by atoms with Gasteiger partial charge in [0.1, 0.15) is 6.10 Å². The van der Waals surface area contributed by atoms with E-state index in [-0.39, 0.29) is 12.0 Å². The van der Waals surface area contributed by atoms with Gasteiger partial charge in [0, 0.05) is 32.3 Å². The zero-order chi connectivity index (χ0) is 11.0.